The summed E-state index contributed by atoms with van der Waals surface area (Å²) in [7, 11) is 0. The van der Waals surface area contributed by atoms with Crippen molar-refractivity contribution in [3.05, 3.63) is 77.3 Å². The Morgan fingerprint density at radius 2 is 2.16 bits per heavy atom. The van der Waals surface area contributed by atoms with Crippen molar-refractivity contribution in [1.82, 2.24) is 20.4 Å². The molecule has 3 aliphatic rings. The van der Waals surface area contributed by atoms with Crippen LogP contribution < -0.4 is 10.7 Å². The third kappa shape index (κ3) is 4.27. The highest BCUT2D eigenvalue weighted by Gasteiger charge is 2.27. The molecule has 1 saturated carbocycles. The molecule has 0 aromatic carbocycles. The number of allylic oxidation sites excluding steroid dienone is 4. The van der Waals surface area contributed by atoms with Crippen molar-refractivity contribution in [2.75, 3.05) is 11.9 Å². The number of aromatic nitrogens is 2. The Balaban J connectivity index is 1.44. The van der Waals surface area contributed by atoms with Gasteiger partial charge in [0.1, 0.15) is 11.6 Å². The van der Waals surface area contributed by atoms with E-state index in [-0.39, 0.29) is 0 Å². The zero-order chi connectivity index (χ0) is 21.4. The van der Waals surface area contributed by atoms with Gasteiger partial charge in [0.05, 0.1) is 11.0 Å². The largest absolute Gasteiger partial charge is 0.662 e. The Kier molecular flexibility index (Phi) is 5.11. The van der Waals surface area contributed by atoms with Crippen molar-refractivity contribution in [3.63, 3.8) is 0 Å². The molecule has 3 N–H and O–H groups in total. The number of nitrogens with one attached hydrogen (secondary N) is 2. The minimum atomic E-state index is -0.874. The quantitative estimate of drug-likeness (QED) is 0.654. The summed E-state index contributed by atoms with van der Waals surface area (Å²) >= 11 is 0. The van der Waals surface area contributed by atoms with Crippen LogP contribution in [0.2, 0.25) is 0 Å². The second kappa shape index (κ2) is 8.07. The number of hydrogen-bond acceptors (Lipinski definition) is 6. The first kappa shape index (κ1) is 19.6. The van der Waals surface area contributed by atoms with Crippen LogP contribution in [0.5, 0.6) is 0 Å². The van der Waals surface area contributed by atoms with Crippen LogP contribution in [0.4, 0.5) is 5.82 Å². The second-order valence-electron chi connectivity index (χ2n) is 8.58. The normalized spacial score (nSPS) is 20.7. The van der Waals surface area contributed by atoms with Crippen molar-refractivity contribution >= 4 is 22.4 Å². The van der Waals surface area contributed by atoms with Gasteiger partial charge in [-0.1, -0.05) is 26.0 Å². The summed E-state index contributed by atoms with van der Waals surface area (Å²) in [6.45, 7) is 5.36. The zero-order valence-electron chi connectivity index (χ0n) is 17.8. The number of nitrogens with zero attached hydrogens (tertiary/aromatic N) is 4. The fraction of sp³-hybridized carbons (Fsp3) is 0.333. The lowest BCUT2D eigenvalue weighted by Crippen LogP contribution is -2.40. The smallest absolute Gasteiger partial charge is 0.132 e. The molecule has 4 heterocycles. The van der Waals surface area contributed by atoms with Crippen LogP contribution in [0, 0.1) is 11.8 Å². The molecule has 2 aromatic heterocycles. The summed E-state index contributed by atoms with van der Waals surface area (Å²) in [5.41, 5.74) is 7.79. The van der Waals surface area contributed by atoms with E-state index < -0.39 is 6.23 Å². The van der Waals surface area contributed by atoms with E-state index in [9.17, 15) is 5.11 Å². The first-order valence-corrected chi connectivity index (χ1v) is 10.8. The molecule has 2 aliphatic heterocycles. The Bertz CT molecular complexity index is 1110. The standard InChI is InChI=1S/C24H27N6O/c1-15(2)17-11-23(30(27-13-17)14-16-5-6-16)29-22-8-7-20-21(28-22)10-18(12-26-20)19-4-3-9-25-24(19)31/h3-4,7-13,15-16,24,27,31H,5-6,14H2,1-2H3,(H,28,29)/q-1. The fourth-order valence-corrected chi connectivity index (χ4v) is 3.70. The summed E-state index contributed by atoms with van der Waals surface area (Å²) in [5.74, 6) is 2.94. The van der Waals surface area contributed by atoms with E-state index in [1.54, 1.807) is 12.4 Å². The highest BCUT2D eigenvalue weighted by atomic mass is 16.3. The second-order valence-corrected chi connectivity index (χ2v) is 8.58. The molecular weight excluding hydrogens is 388 g/mol. The van der Waals surface area contributed by atoms with Gasteiger partial charge in [-0.2, -0.15) is 6.20 Å². The van der Waals surface area contributed by atoms with Crippen molar-refractivity contribution in [2.24, 2.45) is 11.8 Å². The van der Waals surface area contributed by atoms with Gasteiger partial charge in [-0.05, 0) is 65.7 Å². The third-order valence-electron chi connectivity index (χ3n) is 5.78. The number of pyridine rings is 2. The molecule has 1 fully saturated rings. The Morgan fingerprint density at radius 1 is 1.29 bits per heavy atom. The van der Waals surface area contributed by atoms with Crippen LogP contribution in [-0.2, 0) is 0 Å². The minimum absolute atomic E-state index is 0.429. The van der Waals surface area contributed by atoms with Crippen LogP contribution in [0.1, 0.15) is 32.3 Å². The topological polar surface area (TPSA) is 87.4 Å². The maximum Gasteiger partial charge on any atom is 0.132 e. The van der Waals surface area contributed by atoms with Crippen molar-refractivity contribution < 1.29 is 5.11 Å². The molecule has 2 aromatic rings. The highest BCUT2D eigenvalue weighted by Crippen LogP contribution is 2.32. The average Bonchev–Trinajstić information content (AvgIpc) is 3.59. The van der Waals surface area contributed by atoms with Gasteiger partial charge in [-0.15, -0.1) is 0 Å². The van der Waals surface area contributed by atoms with E-state index >= 15 is 0 Å². The van der Waals surface area contributed by atoms with Crippen molar-refractivity contribution in [2.45, 2.75) is 32.9 Å². The summed E-state index contributed by atoms with van der Waals surface area (Å²) < 4.78 is 0. The van der Waals surface area contributed by atoms with E-state index in [2.05, 4.69) is 52.2 Å². The van der Waals surface area contributed by atoms with Crippen LogP contribution in [0.3, 0.4) is 0 Å². The minimum Gasteiger partial charge on any atom is -0.662 e. The molecule has 0 bridgehead atoms. The SMILES string of the molecule is CC(C)C1=CNN(CC2CC2)C(Nc2ccc3ncc(C4=CC=C[N-]C4O)cc3n2)=C1. The Morgan fingerprint density at radius 3 is 2.94 bits per heavy atom. The molecule has 1 atom stereocenters. The summed E-state index contributed by atoms with van der Waals surface area (Å²) in [6.07, 6.45) is 13.0. The van der Waals surface area contributed by atoms with E-state index in [4.69, 9.17) is 4.98 Å². The van der Waals surface area contributed by atoms with Gasteiger partial charge >= 0.3 is 0 Å². The molecule has 160 valence electrons. The van der Waals surface area contributed by atoms with Gasteiger partial charge < -0.3 is 21.2 Å². The predicted molar refractivity (Wildman–Crippen MR) is 123 cm³/mol. The molecule has 7 nitrogen and oxygen atoms in total. The molecule has 31 heavy (non-hydrogen) atoms. The molecule has 1 unspecified atom stereocenters. The lowest BCUT2D eigenvalue weighted by atomic mass is 10.0. The van der Waals surface area contributed by atoms with Gasteiger partial charge in [0, 0.05) is 25.2 Å². The van der Waals surface area contributed by atoms with Crippen molar-refractivity contribution in [1.29, 1.82) is 0 Å². The molecule has 0 saturated heterocycles. The number of hydrogen-bond donors (Lipinski definition) is 3. The van der Waals surface area contributed by atoms with Crippen LogP contribution >= 0.6 is 0 Å². The Labute approximate surface area is 182 Å². The van der Waals surface area contributed by atoms with Gasteiger partial charge in [0.25, 0.3) is 0 Å². The summed E-state index contributed by atoms with van der Waals surface area (Å²) in [4.78, 5) is 9.33. The first-order valence-electron chi connectivity index (χ1n) is 10.8. The van der Waals surface area contributed by atoms with Gasteiger partial charge in [0.15, 0.2) is 0 Å². The van der Waals surface area contributed by atoms with Crippen LogP contribution in [0.25, 0.3) is 21.9 Å². The summed E-state index contributed by atoms with van der Waals surface area (Å²) in [6, 6.07) is 5.86. The number of anilines is 1. The van der Waals surface area contributed by atoms with E-state index in [0.717, 1.165) is 46.3 Å². The number of hydrazine groups is 1. The fourth-order valence-electron chi connectivity index (χ4n) is 3.70. The number of rotatable bonds is 6. The number of fused-ring (bicyclic) bond motifs is 1. The number of aliphatic hydroxyl groups excluding tert-OH is 1. The molecule has 0 amide bonds. The van der Waals surface area contributed by atoms with Gasteiger partial charge in [-0.25, -0.2) is 4.98 Å². The lowest BCUT2D eigenvalue weighted by molar-refractivity contribution is 0.270. The first-order chi connectivity index (χ1) is 15.1. The average molecular weight is 416 g/mol. The van der Waals surface area contributed by atoms with Crippen molar-refractivity contribution in [3.8, 4) is 0 Å². The maximum absolute atomic E-state index is 10.2. The van der Waals surface area contributed by atoms with E-state index in [1.807, 2.05) is 30.4 Å². The molecular formula is C24H27N6O-. The van der Waals surface area contributed by atoms with E-state index in [0.29, 0.717) is 5.92 Å². The summed E-state index contributed by atoms with van der Waals surface area (Å²) in [5, 5.41) is 19.9. The highest BCUT2D eigenvalue weighted by molar-refractivity contribution is 5.82. The number of aliphatic hydroxyl groups is 1. The monoisotopic (exact) mass is 415 g/mol. The van der Waals surface area contributed by atoms with Crippen LogP contribution in [-0.4, -0.2) is 32.9 Å². The lowest BCUT2D eigenvalue weighted by Gasteiger charge is -2.32. The molecule has 0 radical (unpaired) electrons. The predicted octanol–water partition coefficient (Wildman–Crippen LogP) is 4.26. The zero-order valence-corrected chi connectivity index (χ0v) is 17.8. The Hall–Kier alpha value is -3.32. The molecule has 5 rings (SSSR count). The van der Waals surface area contributed by atoms with Crippen LogP contribution in [0.15, 0.2) is 66.4 Å². The van der Waals surface area contributed by atoms with Gasteiger partial charge in [0.2, 0.25) is 0 Å². The molecule has 7 heteroatoms. The molecule has 0 spiro atoms. The molecule has 1 aliphatic carbocycles. The van der Waals surface area contributed by atoms with E-state index in [1.165, 1.54) is 18.4 Å². The van der Waals surface area contributed by atoms with Gasteiger partial charge in [-0.3, -0.25) is 9.99 Å². The third-order valence-corrected chi connectivity index (χ3v) is 5.78. The maximum atomic E-state index is 10.2.